The summed E-state index contributed by atoms with van der Waals surface area (Å²) in [5, 5.41) is 0. The van der Waals surface area contributed by atoms with Crippen LogP contribution >= 0.6 is 0 Å². The SMILES string of the molecule is NC(=O)c1ncn2c(-c3ccco3)cc(C(=O)N3CCCCCCC3)nc12. The Morgan fingerprint density at radius 2 is 1.85 bits per heavy atom. The second kappa shape index (κ2) is 7.22. The minimum absolute atomic E-state index is 0.0325. The summed E-state index contributed by atoms with van der Waals surface area (Å²) >= 11 is 0. The number of hydrogen-bond donors (Lipinski definition) is 1. The number of carbonyl (C=O) groups is 2. The molecule has 0 spiro atoms. The number of furan rings is 1. The maximum absolute atomic E-state index is 13.1. The summed E-state index contributed by atoms with van der Waals surface area (Å²) < 4.78 is 7.11. The van der Waals surface area contributed by atoms with Gasteiger partial charge in [0.2, 0.25) is 0 Å². The number of nitrogens with two attached hydrogens (primary N) is 1. The van der Waals surface area contributed by atoms with E-state index in [0.717, 1.165) is 25.7 Å². The molecule has 2 amide bonds. The number of nitrogens with zero attached hydrogens (tertiary/aromatic N) is 4. The van der Waals surface area contributed by atoms with Crippen molar-refractivity contribution < 1.29 is 14.0 Å². The lowest BCUT2D eigenvalue weighted by Gasteiger charge is -2.24. The number of primary amides is 1. The Balaban J connectivity index is 1.81. The smallest absolute Gasteiger partial charge is 0.272 e. The zero-order valence-electron chi connectivity index (χ0n) is 14.9. The van der Waals surface area contributed by atoms with Crippen molar-refractivity contribution in [3.8, 4) is 11.5 Å². The molecule has 1 fully saturated rings. The summed E-state index contributed by atoms with van der Waals surface area (Å²) in [6.07, 6.45) is 8.45. The average molecular weight is 367 g/mol. The molecule has 1 saturated heterocycles. The molecule has 2 N–H and O–H groups in total. The molecule has 8 nitrogen and oxygen atoms in total. The summed E-state index contributed by atoms with van der Waals surface area (Å²) in [6, 6.07) is 5.22. The molecule has 140 valence electrons. The highest BCUT2D eigenvalue weighted by molar-refractivity contribution is 5.99. The molecule has 0 bridgehead atoms. The van der Waals surface area contributed by atoms with Crippen LogP contribution in [0.3, 0.4) is 0 Å². The number of fused-ring (bicyclic) bond motifs is 1. The van der Waals surface area contributed by atoms with E-state index in [1.165, 1.54) is 12.7 Å². The van der Waals surface area contributed by atoms with Crippen LogP contribution in [0.5, 0.6) is 0 Å². The summed E-state index contributed by atoms with van der Waals surface area (Å²) in [5.41, 5.74) is 6.57. The zero-order valence-corrected chi connectivity index (χ0v) is 14.9. The van der Waals surface area contributed by atoms with Gasteiger partial charge in [-0.3, -0.25) is 14.0 Å². The predicted molar refractivity (Wildman–Crippen MR) is 98.2 cm³/mol. The fourth-order valence-corrected chi connectivity index (χ4v) is 3.48. The highest BCUT2D eigenvalue weighted by Gasteiger charge is 2.23. The summed E-state index contributed by atoms with van der Waals surface area (Å²) in [6.45, 7) is 1.42. The van der Waals surface area contributed by atoms with Crippen LogP contribution in [-0.2, 0) is 0 Å². The Kier molecular flexibility index (Phi) is 4.62. The Morgan fingerprint density at radius 1 is 1.11 bits per heavy atom. The largest absolute Gasteiger partial charge is 0.463 e. The van der Waals surface area contributed by atoms with Crippen LogP contribution in [0.4, 0.5) is 0 Å². The first kappa shape index (κ1) is 17.3. The molecule has 0 atom stereocenters. The van der Waals surface area contributed by atoms with Gasteiger partial charge in [0.05, 0.1) is 12.0 Å². The fraction of sp³-hybridized carbons (Fsp3) is 0.368. The third-order valence-corrected chi connectivity index (χ3v) is 4.87. The molecule has 3 aromatic rings. The van der Waals surface area contributed by atoms with E-state index in [4.69, 9.17) is 10.2 Å². The Bertz CT molecular complexity index is 969. The van der Waals surface area contributed by atoms with Gasteiger partial charge in [-0.1, -0.05) is 19.3 Å². The van der Waals surface area contributed by atoms with Crippen molar-refractivity contribution in [1.82, 2.24) is 19.3 Å². The molecule has 0 saturated carbocycles. The third-order valence-electron chi connectivity index (χ3n) is 4.87. The van der Waals surface area contributed by atoms with Crippen LogP contribution in [-0.4, -0.2) is 44.2 Å². The van der Waals surface area contributed by atoms with Crippen molar-refractivity contribution in [3.05, 3.63) is 42.2 Å². The van der Waals surface area contributed by atoms with Gasteiger partial charge in [0.15, 0.2) is 17.1 Å². The standard InChI is InChI=1S/C19H21N5O3/c20-17(25)16-18-22-13(19(26)23-8-4-2-1-3-5-9-23)11-14(24(18)12-21-16)15-7-6-10-27-15/h6-7,10-12H,1-5,8-9H2,(H2,20,25). The molecular weight excluding hydrogens is 346 g/mol. The van der Waals surface area contributed by atoms with Crippen molar-refractivity contribution in [1.29, 1.82) is 0 Å². The minimum Gasteiger partial charge on any atom is -0.463 e. The van der Waals surface area contributed by atoms with E-state index in [1.807, 2.05) is 4.90 Å². The Labute approximate surface area is 156 Å². The van der Waals surface area contributed by atoms with Crippen LogP contribution < -0.4 is 5.73 Å². The summed E-state index contributed by atoms with van der Waals surface area (Å²) in [4.78, 5) is 35.2. The highest BCUT2D eigenvalue weighted by Crippen LogP contribution is 2.24. The molecule has 1 aliphatic heterocycles. The normalized spacial score (nSPS) is 15.5. The number of imidazole rings is 1. The molecule has 0 radical (unpaired) electrons. The molecule has 27 heavy (non-hydrogen) atoms. The van der Waals surface area contributed by atoms with Crippen molar-refractivity contribution in [3.63, 3.8) is 0 Å². The first-order valence-electron chi connectivity index (χ1n) is 9.16. The monoisotopic (exact) mass is 367 g/mol. The molecule has 3 aromatic heterocycles. The molecular formula is C19H21N5O3. The van der Waals surface area contributed by atoms with Gasteiger partial charge in [-0.15, -0.1) is 0 Å². The molecule has 8 heteroatoms. The van der Waals surface area contributed by atoms with Crippen LogP contribution in [0, 0.1) is 0 Å². The second-order valence-electron chi connectivity index (χ2n) is 6.71. The molecule has 0 aliphatic carbocycles. The van der Waals surface area contributed by atoms with Crippen molar-refractivity contribution in [2.75, 3.05) is 13.1 Å². The lowest BCUT2D eigenvalue weighted by Crippen LogP contribution is -2.34. The third kappa shape index (κ3) is 3.30. The lowest BCUT2D eigenvalue weighted by molar-refractivity contribution is 0.0736. The van der Waals surface area contributed by atoms with E-state index in [1.54, 1.807) is 28.9 Å². The first-order valence-corrected chi connectivity index (χ1v) is 9.16. The van der Waals surface area contributed by atoms with Crippen LogP contribution in [0.25, 0.3) is 17.1 Å². The van der Waals surface area contributed by atoms with Gasteiger partial charge in [-0.2, -0.15) is 0 Å². The van der Waals surface area contributed by atoms with E-state index in [9.17, 15) is 9.59 Å². The first-order chi connectivity index (χ1) is 13.1. The van der Waals surface area contributed by atoms with Gasteiger partial charge in [0.25, 0.3) is 11.8 Å². The van der Waals surface area contributed by atoms with Crippen LogP contribution in [0.1, 0.15) is 53.1 Å². The molecule has 1 aliphatic rings. The minimum atomic E-state index is -0.689. The predicted octanol–water partition coefficient (Wildman–Crippen LogP) is 2.49. The maximum atomic E-state index is 13.1. The molecule has 4 rings (SSSR count). The van der Waals surface area contributed by atoms with Crippen LogP contribution in [0.15, 0.2) is 35.2 Å². The van der Waals surface area contributed by atoms with Crippen LogP contribution in [0.2, 0.25) is 0 Å². The van der Waals surface area contributed by atoms with Gasteiger partial charge in [-0.05, 0) is 31.0 Å². The number of rotatable bonds is 3. The lowest BCUT2D eigenvalue weighted by atomic mass is 10.1. The highest BCUT2D eigenvalue weighted by atomic mass is 16.3. The molecule has 0 aromatic carbocycles. The van der Waals surface area contributed by atoms with Crippen molar-refractivity contribution in [2.24, 2.45) is 5.73 Å². The van der Waals surface area contributed by atoms with Gasteiger partial charge in [0.1, 0.15) is 12.0 Å². The van der Waals surface area contributed by atoms with Crippen molar-refractivity contribution >= 4 is 17.5 Å². The van der Waals surface area contributed by atoms with E-state index in [0.29, 0.717) is 24.5 Å². The van der Waals surface area contributed by atoms with E-state index < -0.39 is 5.91 Å². The Hall–Kier alpha value is -3.16. The van der Waals surface area contributed by atoms with E-state index >= 15 is 0 Å². The summed E-state index contributed by atoms with van der Waals surface area (Å²) in [5.74, 6) is -0.285. The molecule has 4 heterocycles. The second-order valence-corrected chi connectivity index (χ2v) is 6.71. The van der Waals surface area contributed by atoms with Gasteiger partial charge in [0, 0.05) is 13.1 Å². The quantitative estimate of drug-likeness (QED) is 0.765. The van der Waals surface area contributed by atoms with Gasteiger partial charge < -0.3 is 15.1 Å². The van der Waals surface area contributed by atoms with Crippen molar-refractivity contribution in [2.45, 2.75) is 32.1 Å². The van der Waals surface area contributed by atoms with Gasteiger partial charge >= 0.3 is 0 Å². The number of likely N-dealkylation sites (tertiary alicyclic amines) is 1. The average Bonchev–Trinajstić information content (AvgIpc) is 3.30. The van der Waals surface area contributed by atoms with Gasteiger partial charge in [-0.25, -0.2) is 9.97 Å². The Morgan fingerprint density at radius 3 is 2.52 bits per heavy atom. The topological polar surface area (TPSA) is 107 Å². The fourth-order valence-electron chi connectivity index (χ4n) is 3.48. The number of aromatic nitrogens is 3. The number of amides is 2. The maximum Gasteiger partial charge on any atom is 0.272 e. The number of carbonyl (C=O) groups excluding carboxylic acids is 2. The molecule has 0 unspecified atom stereocenters. The summed E-state index contributed by atoms with van der Waals surface area (Å²) in [7, 11) is 0. The number of hydrogen-bond acceptors (Lipinski definition) is 5. The van der Waals surface area contributed by atoms with E-state index in [-0.39, 0.29) is 22.9 Å². The van der Waals surface area contributed by atoms with E-state index in [2.05, 4.69) is 9.97 Å². The zero-order chi connectivity index (χ0) is 18.8.